The van der Waals surface area contributed by atoms with Gasteiger partial charge in [0.25, 0.3) is 0 Å². The number of aromatic nitrogens is 4. The Kier molecular flexibility index (Phi) is 4.39. The van der Waals surface area contributed by atoms with Gasteiger partial charge in [-0.3, -0.25) is 9.69 Å². The van der Waals surface area contributed by atoms with Crippen LogP contribution in [0.2, 0.25) is 0 Å². The highest BCUT2D eigenvalue weighted by Crippen LogP contribution is 2.22. The van der Waals surface area contributed by atoms with Gasteiger partial charge in [0.1, 0.15) is 18.9 Å². The van der Waals surface area contributed by atoms with Gasteiger partial charge in [-0.2, -0.15) is 18.3 Å². The second-order valence-electron chi connectivity index (χ2n) is 5.40. The van der Waals surface area contributed by atoms with E-state index in [1.165, 1.54) is 29.2 Å². The number of pyridine rings is 2. The van der Waals surface area contributed by atoms with Gasteiger partial charge >= 0.3 is 6.18 Å². The molecule has 0 spiro atoms. The predicted octanol–water partition coefficient (Wildman–Crippen LogP) is 2.73. The molecule has 3 aromatic rings. The van der Waals surface area contributed by atoms with E-state index in [1.807, 2.05) is 0 Å². The second-order valence-corrected chi connectivity index (χ2v) is 5.40. The van der Waals surface area contributed by atoms with E-state index in [1.54, 1.807) is 25.1 Å². The molecule has 0 bridgehead atoms. The number of nitrogens with zero attached hydrogens (tertiary/aromatic N) is 5. The highest BCUT2D eigenvalue weighted by atomic mass is 19.4. The fourth-order valence-corrected chi connectivity index (χ4v) is 2.48. The van der Waals surface area contributed by atoms with Crippen molar-refractivity contribution in [3.8, 4) is 0 Å². The smallest absolute Gasteiger partial charge is 0.286 e. The molecule has 6 nitrogen and oxygen atoms in total. The Bertz CT molecular complexity index is 892. The van der Waals surface area contributed by atoms with Crippen LogP contribution in [-0.4, -0.2) is 38.4 Å². The molecule has 0 unspecified atom stereocenters. The minimum atomic E-state index is -4.55. The molecule has 0 aromatic carbocycles. The third-order valence-electron chi connectivity index (χ3n) is 3.54. The lowest BCUT2D eigenvalue weighted by Gasteiger charge is -2.23. The molecule has 3 heterocycles. The lowest BCUT2D eigenvalue weighted by Crippen LogP contribution is -2.41. The van der Waals surface area contributed by atoms with Gasteiger partial charge in [0.05, 0.1) is 5.69 Å². The fourth-order valence-electron chi connectivity index (χ4n) is 2.48. The topological polar surface area (TPSA) is 63.9 Å². The fraction of sp³-hybridized carbons (Fsp3) is 0.250. The summed E-state index contributed by atoms with van der Waals surface area (Å²) in [6.45, 7) is -0.0420. The van der Waals surface area contributed by atoms with Crippen LogP contribution in [0.25, 0.3) is 11.0 Å². The minimum Gasteiger partial charge on any atom is -0.286 e. The summed E-state index contributed by atoms with van der Waals surface area (Å²) in [7, 11) is 0. The Balaban J connectivity index is 1.92. The number of alkyl halides is 3. The summed E-state index contributed by atoms with van der Waals surface area (Å²) in [5, 5.41) is 4.95. The number of hydrogen-bond donors (Lipinski definition) is 0. The predicted molar refractivity (Wildman–Crippen MR) is 84.9 cm³/mol. The van der Waals surface area contributed by atoms with Gasteiger partial charge in [-0.15, -0.1) is 0 Å². The molecule has 0 atom stereocenters. The Morgan fingerprint density at radius 3 is 2.60 bits per heavy atom. The monoisotopic (exact) mass is 349 g/mol. The first-order chi connectivity index (χ1) is 11.8. The molecule has 0 radical (unpaired) electrons. The van der Waals surface area contributed by atoms with Crippen molar-refractivity contribution in [1.82, 2.24) is 19.7 Å². The standard InChI is InChI=1S/C16H14F3N5O/c1-11-12-5-4-8-21-15(12)24(22-11)9-14(25)23(10-16(17,18)19)13-6-2-3-7-20-13/h2-8H,9-10H2,1H3. The third kappa shape index (κ3) is 3.76. The molecule has 0 saturated carbocycles. The van der Waals surface area contributed by atoms with Gasteiger partial charge in [-0.1, -0.05) is 6.07 Å². The summed E-state index contributed by atoms with van der Waals surface area (Å²) in [6, 6.07) is 7.96. The van der Waals surface area contributed by atoms with Crippen molar-refractivity contribution >= 4 is 22.8 Å². The van der Waals surface area contributed by atoms with E-state index in [2.05, 4.69) is 15.1 Å². The summed E-state index contributed by atoms with van der Waals surface area (Å²) in [4.78, 5) is 21.2. The lowest BCUT2D eigenvalue weighted by molar-refractivity contribution is -0.133. The molecular formula is C16H14F3N5O. The van der Waals surface area contributed by atoms with Gasteiger partial charge in [-0.05, 0) is 31.2 Å². The number of halogens is 3. The normalized spacial score (nSPS) is 11.7. The molecular weight excluding hydrogens is 335 g/mol. The van der Waals surface area contributed by atoms with Crippen molar-refractivity contribution in [3.63, 3.8) is 0 Å². The van der Waals surface area contributed by atoms with Crippen molar-refractivity contribution in [2.45, 2.75) is 19.6 Å². The quantitative estimate of drug-likeness (QED) is 0.727. The number of amides is 1. The number of aryl methyl sites for hydroxylation is 1. The molecule has 0 aliphatic rings. The SMILES string of the molecule is Cc1nn(CC(=O)N(CC(F)(F)F)c2ccccn2)c2ncccc12. The molecule has 9 heteroatoms. The molecule has 3 rings (SSSR count). The molecule has 25 heavy (non-hydrogen) atoms. The number of carbonyl (C=O) groups excluding carboxylic acids is 1. The van der Waals surface area contributed by atoms with Crippen LogP contribution in [-0.2, 0) is 11.3 Å². The van der Waals surface area contributed by atoms with Gasteiger partial charge in [0.2, 0.25) is 5.91 Å². The number of fused-ring (bicyclic) bond motifs is 1. The van der Waals surface area contributed by atoms with Gasteiger partial charge in [0.15, 0.2) is 5.65 Å². The van der Waals surface area contributed by atoms with Gasteiger partial charge in [-0.25, -0.2) is 14.6 Å². The molecule has 3 aromatic heterocycles. The largest absolute Gasteiger partial charge is 0.406 e. The van der Waals surface area contributed by atoms with E-state index in [0.29, 0.717) is 16.2 Å². The Labute approximate surface area is 140 Å². The summed E-state index contributed by atoms with van der Waals surface area (Å²) in [5.41, 5.74) is 1.09. The molecule has 1 amide bonds. The van der Waals surface area contributed by atoms with E-state index in [-0.39, 0.29) is 12.4 Å². The van der Waals surface area contributed by atoms with Crippen molar-refractivity contribution in [2.75, 3.05) is 11.4 Å². The Morgan fingerprint density at radius 2 is 1.92 bits per heavy atom. The summed E-state index contributed by atoms with van der Waals surface area (Å²) in [6.07, 6.45) is -1.68. The van der Waals surface area contributed by atoms with E-state index in [9.17, 15) is 18.0 Å². The number of rotatable bonds is 4. The van der Waals surface area contributed by atoms with E-state index < -0.39 is 18.6 Å². The zero-order valence-electron chi connectivity index (χ0n) is 13.2. The molecule has 0 aliphatic heterocycles. The molecule has 0 fully saturated rings. The average molecular weight is 349 g/mol. The third-order valence-corrected chi connectivity index (χ3v) is 3.54. The average Bonchev–Trinajstić information content (AvgIpc) is 2.89. The van der Waals surface area contributed by atoms with Gasteiger partial charge < -0.3 is 0 Å². The Hall–Kier alpha value is -2.97. The van der Waals surface area contributed by atoms with Crippen molar-refractivity contribution in [3.05, 3.63) is 48.4 Å². The highest BCUT2D eigenvalue weighted by Gasteiger charge is 2.34. The summed E-state index contributed by atoms with van der Waals surface area (Å²) in [5.74, 6) is -0.836. The van der Waals surface area contributed by atoms with Crippen molar-refractivity contribution in [2.24, 2.45) is 0 Å². The first-order valence-electron chi connectivity index (χ1n) is 7.41. The van der Waals surface area contributed by atoms with Gasteiger partial charge in [0, 0.05) is 17.8 Å². The van der Waals surface area contributed by atoms with Crippen molar-refractivity contribution < 1.29 is 18.0 Å². The number of hydrogen-bond acceptors (Lipinski definition) is 4. The highest BCUT2D eigenvalue weighted by molar-refractivity contribution is 5.93. The number of carbonyl (C=O) groups is 1. The van der Waals surface area contributed by atoms with Crippen LogP contribution in [0, 0.1) is 6.92 Å². The molecule has 0 aliphatic carbocycles. The van der Waals surface area contributed by atoms with Crippen LogP contribution in [0.5, 0.6) is 0 Å². The van der Waals surface area contributed by atoms with E-state index in [0.717, 1.165) is 5.39 Å². The maximum Gasteiger partial charge on any atom is 0.406 e. The van der Waals surface area contributed by atoms with Crippen LogP contribution >= 0.6 is 0 Å². The van der Waals surface area contributed by atoms with E-state index >= 15 is 0 Å². The maximum atomic E-state index is 12.9. The Morgan fingerprint density at radius 1 is 1.16 bits per heavy atom. The summed E-state index contributed by atoms with van der Waals surface area (Å²) < 4.78 is 40.0. The maximum absolute atomic E-state index is 12.9. The molecule has 0 N–H and O–H groups in total. The van der Waals surface area contributed by atoms with Crippen LogP contribution in [0.3, 0.4) is 0 Å². The number of anilines is 1. The zero-order valence-corrected chi connectivity index (χ0v) is 13.2. The molecule has 0 saturated heterocycles. The lowest BCUT2D eigenvalue weighted by atomic mass is 10.3. The van der Waals surface area contributed by atoms with Crippen LogP contribution in [0.1, 0.15) is 5.69 Å². The zero-order chi connectivity index (χ0) is 18.0. The van der Waals surface area contributed by atoms with Crippen molar-refractivity contribution in [1.29, 1.82) is 0 Å². The second kappa shape index (κ2) is 6.50. The minimum absolute atomic E-state index is 0.0639. The van der Waals surface area contributed by atoms with E-state index in [4.69, 9.17) is 0 Å². The first kappa shape index (κ1) is 16.9. The molecule has 130 valence electrons. The van der Waals surface area contributed by atoms with Crippen LogP contribution < -0.4 is 4.90 Å². The van der Waals surface area contributed by atoms with Crippen LogP contribution in [0.15, 0.2) is 42.7 Å². The van der Waals surface area contributed by atoms with Crippen LogP contribution in [0.4, 0.5) is 19.0 Å². The first-order valence-corrected chi connectivity index (χ1v) is 7.41. The summed E-state index contributed by atoms with van der Waals surface area (Å²) >= 11 is 0.